The summed E-state index contributed by atoms with van der Waals surface area (Å²) in [6, 6.07) is 11.8. The van der Waals surface area contributed by atoms with E-state index in [0.29, 0.717) is 5.02 Å². The number of halogens is 1. The molecule has 4 heteroatoms. The van der Waals surface area contributed by atoms with E-state index >= 15 is 0 Å². The molecule has 0 N–H and O–H groups in total. The summed E-state index contributed by atoms with van der Waals surface area (Å²) in [6.45, 7) is 9.49. The first kappa shape index (κ1) is 18.4. The zero-order valence-corrected chi connectivity index (χ0v) is 16.5. The van der Waals surface area contributed by atoms with E-state index in [1.165, 1.54) is 36.8 Å². The summed E-state index contributed by atoms with van der Waals surface area (Å²) in [5, 5.41) is 2.87. The fourth-order valence-corrected chi connectivity index (χ4v) is 4.53. The van der Waals surface area contributed by atoms with E-state index < -0.39 is 0 Å². The van der Waals surface area contributed by atoms with E-state index in [9.17, 15) is 0 Å². The van der Waals surface area contributed by atoms with Gasteiger partial charge in [-0.05, 0) is 49.6 Å². The van der Waals surface area contributed by atoms with Crippen molar-refractivity contribution in [1.29, 1.82) is 0 Å². The zero-order valence-electron chi connectivity index (χ0n) is 15.8. The van der Waals surface area contributed by atoms with Crippen LogP contribution in [0.4, 0.5) is 0 Å². The van der Waals surface area contributed by atoms with Crippen LogP contribution in [0.1, 0.15) is 25.7 Å². The highest BCUT2D eigenvalue weighted by molar-refractivity contribution is 6.31. The van der Waals surface area contributed by atoms with Gasteiger partial charge < -0.3 is 13.6 Å². The average Bonchev–Trinajstić information content (AvgIpc) is 3.03. The lowest BCUT2D eigenvalue weighted by atomic mass is 10.1. The Morgan fingerprint density at radius 3 is 2.56 bits per heavy atom. The second-order valence-electron chi connectivity index (χ2n) is 7.65. The van der Waals surface area contributed by atoms with Crippen molar-refractivity contribution in [1.82, 2.24) is 0 Å². The zero-order chi connectivity index (χ0) is 18.7. The van der Waals surface area contributed by atoms with Crippen molar-refractivity contribution in [3.63, 3.8) is 0 Å². The van der Waals surface area contributed by atoms with Gasteiger partial charge in [0.1, 0.15) is 16.9 Å². The van der Waals surface area contributed by atoms with E-state index in [0.717, 1.165) is 53.8 Å². The van der Waals surface area contributed by atoms with Gasteiger partial charge in [0.05, 0.1) is 32.8 Å². The quantitative estimate of drug-likeness (QED) is 0.275. The van der Waals surface area contributed by atoms with Crippen LogP contribution in [-0.2, 0) is 0 Å². The van der Waals surface area contributed by atoms with Crippen LogP contribution in [0.15, 0.2) is 53.5 Å². The lowest BCUT2D eigenvalue weighted by Gasteiger charge is -2.41. The highest BCUT2D eigenvalue weighted by atomic mass is 35.5. The van der Waals surface area contributed by atoms with Gasteiger partial charge in [-0.3, -0.25) is 0 Å². The van der Waals surface area contributed by atoms with Gasteiger partial charge in [-0.25, -0.2) is 0 Å². The van der Waals surface area contributed by atoms with Gasteiger partial charge in [0.2, 0.25) is 0 Å². The van der Waals surface area contributed by atoms with Crippen LogP contribution in [0.3, 0.4) is 0 Å². The first-order valence-electron chi connectivity index (χ1n) is 9.90. The summed E-state index contributed by atoms with van der Waals surface area (Å²) in [6.07, 6.45) is 7.18. The molecule has 1 aliphatic rings. The molecular formula is C23H27ClNO2+. The van der Waals surface area contributed by atoms with Crippen molar-refractivity contribution in [3.8, 4) is 5.75 Å². The fourth-order valence-electron chi connectivity index (χ4n) is 4.37. The average molecular weight is 385 g/mol. The molecule has 2 heterocycles. The minimum absolute atomic E-state index is 0.687. The molecule has 1 aromatic heterocycles. The Morgan fingerprint density at radius 2 is 1.78 bits per heavy atom. The third kappa shape index (κ3) is 3.99. The number of quaternary nitrogens is 1. The molecule has 3 nitrogen and oxygen atoms in total. The normalized spacial score (nSPS) is 16.6. The molecule has 2 aromatic carbocycles. The molecule has 0 amide bonds. The van der Waals surface area contributed by atoms with Gasteiger partial charge in [-0.15, -0.1) is 0 Å². The number of hydrogen-bond donors (Lipinski definition) is 0. The van der Waals surface area contributed by atoms with E-state index in [-0.39, 0.29) is 0 Å². The summed E-state index contributed by atoms with van der Waals surface area (Å²) in [5.41, 5.74) is 1.66. The molecule has 0 aliphatic carbocycles. The number of likely N-dealkylation sites (tertiary alicyclic amines) is 1. The number of ether oxygens (including phenoxy) is 1. The lowest BCUT2D eigenvalue weighted by Crippen LogP contribution is -2.52. The molecule has 0 spiro atoms. The van der Waals surface area contributed by atoms with Crippen LogP contribution in [0, 0.1) is 0 Å². The second kappa shape index (κ2) is 7.95. The van der Waals surface area contributed by atoms with Gasteiger partial charge in [0, 0.05) is 34.3 Å². The number of rotatable bonds is 7. The third-order valence-corrected chi connectivity index (χ3v) is 5.97. The van der Waals surface area contributed by atoms with Crippen molar-refractivity contribution < 1.29 is 13.6 Å². The SMILES string of the molecule is C=CC[N+]1(CCCOc2ccc3c(c2)oc2cc(Cl)ccc23)CCCCC1. The Balaban J connectivity index is 1.40. The van der Waals surface area contributed by atoms with Gasteiger partial charge in [-0.2, -0.15) is 0 Å². The Bertz CT molecular complexity index is 940. The number of furan rings is 1. The number of nitrogens with zero attached hydrogens (tertiary/aromatic N) is 1. The van der Waals surface area contributed by atoms with E-state index in [4.69, 9.17) is 20.8 Å². The maximum Gasteiger partial charge on any atom is 0.139 e. The molecule has 0 atom stereocenters. The first-order valence-corrected chi connectivity index (χ1v) is 10.3. The Hall–Kier alpha value is -1.97. The third-order valence-electron chi connectivity index (χ3n) is 5.73. The summed E-state index contributed by atoms with van der Waals surface area (Å²) in [5.74, 6) is 0.863. The van der Waals surface area contributed by atoms with Gasteiger partial charge >= 0.3 is 0 Å². The second-order valence-corrected chi connectivity index (χ2v) is 8.08. The summed E-state index contributed by atoms with van der Waals surface area (Å²) in [7, 11) is 0. The van der Waals surface area contributed by atoms with Crippen molar-refractivity contribution in [2.45, 2.75) is 25.7 Å². The molecule has 0 unspecified atom stereocenters. The van der Waals surface area contributed by atoms with E-state index in [2.05, 4.69) is 18.7 Å². The van der Waals surface area contributed by atoms with Crippen molar-refractivity contribution in [2.75, 3.05) is 32.8 Å². The minimum atomic E-state index is 0.687. The van der Waals surface area contributed by atoms with Gasteiger partial charge in [0.15, 0.2) is 0 Å². The highest BCUT2D eigenvalue weighted by Crippen LogP contribution is 2.32. The molecule has 1 saturated heterocycles. The van der Waals surface area contributed by atoms with Crippen LogP contribution in [-0.4, -0.2) is 37.3 Å². The smallest absolute Gasteiger partial charge is 0.139 e. The largest absolute Gasteiger partial charge is 0.493 e. The lowest BCUT2D eigenvalue weighted by molar-refractivity contribution is -0.927. The first-order chi connectivity index (χ1) is 13.2. The molecule has 0 saturated carbocycles. The van der Waals surface area contributed by atoms with Crippen LogP contribution < -0.4 is 4.74 Å². The number of fused-ring (bicyclic) bond motifs is 3. The van der Waals surface area contributed by atoms with E-state index in [1.54, 1.807) is 0 Å². The molecule has 1 aliphatic heterocycles. The Kier molecular flexibility index (Phi) is 5.42. The molecular weight excluding hydrogens is 358 g/mol. The molecule has 1 fully saturated rings. The molecule has 0 bridgehead atoms. The topological polar surface area (TPSA) is 22.4 Å². The maximum atomic E-state index is 6.07. The molecule has 27 heavy (non-hydrogen) atoms. The molecule has 142 valence electrons. The number of piperidine rings is 1. The van der Waals surface area contributed by atoms with Crippen molar-refractivity contribution in [2.24, 2.45) is 0 Å². The van der Waals surface area contributed by atoms with E-state index in [1.807, 2.05) is 30.3 Å². The number of hydrogen-bond acceptors (Lipinski definition) is 2. The molecule has 0 radical (unpaired) electrons. The fraction of sp³-hybridized carbons (Fsp3) is 0.391. The van der Waals surface area contributed by atoms with Crippen LogP contribution in [0.2, 0.25) is 5.02 Å². The Morgan fingerprint density at radius 1 is 1.04 bits per heavy atom. The summed E-state index contributed by atoms with van der Waals surface area (Å²) in [4.78, 5) is 0. The maximum absolute atomic E-state index is 6.07. The predicted octanol–water partition coefficient (Wildman–Crippen LogP) is 6.20. The number of benzene rings is 2. The van der Waals surface area contributed by atoms with Crippen LogP contribution in [0.5, 0.6) is 5.75 Å². The minimum Gasteiger partial charge on any atom is -0.493 e. The summed E-state index contributed by atoms with van der Waals surface area (Å²) >= 11 is 6.07. The summed E-state index contributed by atoms with van der Waals surface area (Å²) < 4.78 is 13.1. The Labute approximate surface area is 165 Å². The predicted molar refractivity (Wildman–Crippen MR) is 113 cm³/mol. The van der Waals surface area contributed by atoms with Crippen molar-refractivity contribution >= 4 is 33.5 Å². The molecule has 3 aromatic rings. The highest BCUT2D eigenvalue weighted by Gasteiger charge is 2.27. The van der Waals surface area contributed by atoms with Crippen LogP contribution >= 0.6 is 11.6 Å². The van der Waals surface area contributed by atoms with Crippen molar-refractivity contribution in [3.05, 3.63) is 54.1 Å². The van der Waals surface area contributed by atoms with Crippen LogP contribution in [0.25, 0.3) is 21.9 Å². The van der Waals surface area contributed by atoms with Gasteiger partial charge in [0.25, 0.3) is 0 Å². The standard InChI is InChI=1S/C23H27ClNO2/c1-2-11-25(12-4-3-5-13-25)14-6-15-26-19-8-10-21-20-9-7-18(24)16-22(20)27-23(21)17-19/h2,7-10,16-17H,1,3-6,11-15H2/q+1. The molecule has 4 rings (SSSR count). The monoisotopic (exact) mass is 384 g/mol. The van der Waals surface area contributed by atoms with Gasteiger partial charge in [-0.1, -0.05) is 18.2 Å².